The molecule has 25 heavy (non-hydrogen) atoms. The monoisotopic (exact) mass is 342 g/mol. The molecule has 2 aromatic rings. The molecule has 0 unspecified atom stereocenters. The molecule has 1 fully saturated rings. The van der Waals surface area contributed by atoms with Crippen LogP contribution in [0.5, 0.6) is 11.6 Å². The summed E-state index contributed by atoms with van der Waals surface area (Å²) in [5, 5.41) is 0. The van der Waals surface area contributed by atoms with Crippen LogP contribution >= 0.6 is 0 Å². The van der Waals surface area contributed by atoms with Gasteiger partial charge in [-0.15, -0.1) is 0 Å². The third-order valence-electron chi connectivity index (χ3n) is 4.99. The van der Waals surface area contributed by atoms with E-state index < -0.39 is 0 Å². The molecule has 1 aromatic carbocycles. The van der Waals surface area contributed by atoms with E-state index in [-0.39, 0.29) is 5.69 Å². The van der Waals surface area contributed by atoms with Crippen molar-refractivity contribution in [2.75, 3.05) is 26.9 Å². The van der Waals surface area contributed by atoms with E-state index in [1.807, 2.05) is 24.3 Å². The summed E-state index contributed by atoms with van der Waals surface area (Å²) in [6, 6.07) is 7.83. The maximum atomic E-state index is 12.4. The first-order chi connectivity index (χ1) is 12.2. The summed E-state index contributed by atoms with van der Waals surface area (Å²) in [5.74, 6) is 1.71. The van der Waals surface area contributed by atoms with E-state index in [1.165, 1.54) is 5.56 Å². The third-order valence-corrected chi connectivity index (χ3v) is 4.99. The molecule has 2 aliphatic rings. The summed E-state index contributed by atoms with van der Waals surface area (Å²) in [7, 11) is 1.66. The molecular formula is C19H22N2O4. The predicted molar refractivity (Wildman–Crippen MR) is 93.2 cm³/mol. The first-order valence-corrected chi connectivity index (χ1v) is 8.74. The molecule has 4 rings (SSSR count). The summed E-state index contributed by atoms with van der Waals surface area (Å²) >= 11 is 0. The highest BCUT2D eigenvalue weighted by Crippen LogP contribution is 2.32. The van der Waals surface area contributed by atoms with Crippen molar-refractivity contribution in [2.45, 2.75) is 25.8 Å². The van der Waals surface area contributed by atoms with Crippen LogP contribution in [0.2, 0.25) is 0 Å². The Hall–Kier alpha value is -2.34. The SMILES string of the molecule is COc1ccc2c(c1)CCn1c-2cc(OCC2CCOCC2)nc1=O. The first-order valence-electron chi connectivity index (χ1n) is 8.74. The van der Waals surface area contributed by atoms with E-state index in [4.69, 9.17) is 14.2 Å². The molecule has 1 aromatic heterocycles. The molecule has 0 N–H and O–H groups in total. The van der Waals surface area contributed by atoms with E-state index >= 15 is 0 Å². The Kier molecular flexibility index (Phi) is 4.44. The first kappa shape index (κ1) is 16.1. The maximum absolute atomic E-state index is 12.4. The van der Waals surface area contributed by atoms with Crippen LogP contribution in [-0.4, -0.2) is 36.5 Å². The molecule has 6 nitrogen and oxygen atoms in total. The zero-order chi connectivity index (χ0) is 17.2. The predicted octanol–water partition coefficient (Wildman–Crippen LogP) is 2.28. The molecule has 132 valence electrons. The van der Waals surface area contributed by atoms with Gasteiger partial charge < -0.3 is 14.2 Å². The lowest BCUT2D eigenvalue weighted by Gasteiger charge is -2.24. The van der Waals surface area contributed by atoms with Crippen molar-refractivity contribution in [2.24, 2.45) is 5.92 Å². The molecule has 0 radical (unpaired) electrons. The van der Waals surface area contributed by atoms with Crippen molar-refractivity contribution in [1.82, 2.24) is 9.55 Å². The fourth-order valence-electron chi connectivity index (χ4n) is 3.50. The zero-order valence-corrected chi connectivity index (χ0v) is 14.4. The van der Waals surface area contributed by atoms with Crippen molar-refractivity contribution in [1.29, 1.82) is 0 Å². The van der Waals surface area contributed by atoms with Crippen molar-refractivity contribution in [3.63, 3.8) is 0 Å². The summed E-state index contributed by atoms with van der Waals surface area (Å²) in [6.45, 7) is 2.77. The number of fused-ring (bicyclic) bond motifs is 3. The molecule has 2 aliphatic heterocycles. The van der Waals surface area contributed by atoms with Gasteiger partial charge in [0.2, 0.25) is 5.88 Å². The lowest BCUT2D eigenvalue weighted by molar-refractivity contribution is 0.0489. The minimum Gasteiger partial charge on any atom is -0.497 e. The minimum atomic E-state index is -0.249. The Morgan fingerprint density at radius 1 is 1.28 bits per heavy atom. The Morgan fingerprint density at radius 3 is 2.92 bits per heavy atom. The van der Waals surface area contributed by atoms with Crippen LogP contribution in [0.15, 0.2) is 29.1 Å². The molecular weight excluding hydrogens is 320 g/mol. The van der Waals surface area contributed by atoms with Gasteiger partial charge in [-0.05, 0) is 48.9 Å². The van der Waals surface area contributed by atoms with Gasteiger partial charge in [0.15, 0.2) is 0 Å². The molecule has 0 amide bonds. The van der Waals surface area contributed by atoms with E-state index in [2.05, 4.69) is 4.98 Å². The number of aromatic nitrogens is 2. The van der Waals surface area contributed by atoms with Gasteiger partial charge in [-0.3, -0.25) is 4.57 Å². The minimum absolute atomic E-state index is 0.249. The third kappa shape index (κ3) is 3.26. The largest absolute Gasteiger partial charge is 0.497 e. The number of methoxy groups -OCH3 is 1. The number of aryl methyl sites for hydroxylation is 1. The van der Waals surface area contributed by atoms with E-state index in [9.17, 15) is 4.79 Å². The number of ether oxygens (including phenoxy) is 3. The second-order valence-electron chi connectivity index (χ2n) is 6.55. The van der Waals surface area contributed by atoms with Crippen LogP contribution in [0.25, 0.3) is 11.3 Å². The summed E-state index contributed by atoms with van der Waals surface area (Å²) in [4.78, 5) is 16.5. The average molecular weight is 342 g/mol. The lowest BCUT2D eigenvalue weighted by Crippen LogP contribution is -2.29. The van der Waals surface area contributed by atoms with Gasteiger partial charge in [-0.1, -0.05) is 0 Å². The van der Waals surface area contributed by atoms with Crippen molar-refractivity contribution in [3.05, 3.63) is 40.3 Å². The Balaban J connectivity index is 1.61. The molecule has 0 aliphatic carbocycles. The normalized spacial score (nSPS) is 16.8. The molecule has 0 spiro atoms. The second-order valence-corrected chi connectivity index (χ2v) is 6.55. The quantitative estimate of drug-likeness (QED) is 0.853. The average Bonchev–Trinajstić information content (AvgIpc) is 2.66. The second kappa shape index (κ2) is 6.88. The van der Waals surface area contributed by atoms with Crippen molar-refractivity contribution < 1.29 is 14.2 Å². The van der Waals surface area contributed by atoms with Crippen LogP contribution in [0.1, 0.15) is 18.4 Å². The van der Waals surface area contributed by atoms with Gasteiger partial charge in [-0.25, -0.2) is 4.79 Å². The standard InChI is InChI=1S/C19H22N2O4/c1-23-15-2-3-16-14(10-15)4-7-21-17(16)11-18(20-19(21)22)25-12-13-5-8-24-9-6-13/h2-3,10-11,13H,4-9,12H2,1H3. The maximum Gasteiger partial charge on any atom is 0.351 e. The number of rotatable bonds is 4. The van der Waals surface area contributed by atoms with Crippen molar-refractivity contribution >= 4 is 0 Å². The van der Waals surface area contributed by atoms with Gasteiger partial charge in [0.05, 0.1) is 19.4 Å². The van der Waals surface area contributed by atoms with Gasteiger partial charge in [0.1, 0.15) is 5.75 Å². The number of nitrogens with zero attached hydrogens (tertiary/aromatic N) is 2. The highest BCUT2D eigenvalue weighted by Gasteiger charge is 2.20. The molecule has 6 heteroatoms. The van der Waals surface area contributed by atoms with Crippen molar-refractivity contribution in [3.8, 4) is 22.9 Å². The van der Waals surface area contributed by atoms with Crippen LogP contribution in [-0.2, 0) is 17.7 Å². The van der Waals surface area contributed by atoms with Gasteiger partial charge in [0.25, 0.3) is 0 Å². The number of hydrogen-bond acceptors (Lipinski definition) is 5. The summed E-state index contributed by atoms with van der Waals surface area (Å²) in [5.41, 5.74) is 2.84. The Morgan fingerprint density at radius 2 is 2.12 bits per heavy atom. The highest BCUT2D eigenvalue weighted by molar-refractivity contribution is 5.67. The Labute approximate surface area is 146 Å². The van der Waals surface area contributed by atoms with Gasteiger partial charge in [-0.2, -0.15) is 4.98 Å². The fourth-order valence-corrected chi connectivity index (χ4v) is 3.50. The molecule has 1 saturated heterocycles. The smallest absolute Gasteiger partial charge is 0.351 e. The van der Waals surface area contributed by atoms with Crippen LogP contribution in [0.3, 0.4) is 0 Å². The van der Waals surface area contributed by atoms with Crippen LogP contribution in [0.4, 0.5) is 0 Å². The van der Waals surface area contributed by atoms with Gasteiger partial charge >= 0.3 is 5.69 Å². The summed E-state index contributed by atoms with van der Waals surface area (Å²) in [6.07, 6.45) is 2.78. The number of benzene rings is 1. The lowest BCUT2D eigenvalue weighted by atomic mass is 9.97. The molecule has 0 saturated carbocycles. The highest BCUT2D eigenvalue weighted by atomic mass is 16.5. The van der Waals surface area contributed by atoms with Gasteiger partial charge in [0, 0.05) is 31.4 Å². The zero-order valence-electron chi connectivity index (χ0n) is 14.4. The number of hydrogen-bond donors (Lipinski definition) is 0. The van der Waals surface area contributed by atoms with Crippen LogP contribution < -0.4 is 15.2 Å². The topological polar surface area (TPSA) is 62.6 Å². The summed E-state index contributed by atoms with van der Waals surface area (Å²) < 4.78 is 18.2. The Bertz CT molecular complexity index is 825. The molecule has 0 bridgehead atoms. The van der Waals surface area contributed by atoms with E-state index in [1.54, 1.807) is 11.7 Å². The van der Waals surface area contributed by atoms with E-state index in [0.29, 0.717) is 24.9 Å². The molecule has 3 heterocycles. The van der Waals surface area contributed by atoms with Crippen LogP contribution in [0, 0.1) is 5.92 Å². The van der Waals surface area contributed by atoms with E-state index in [0.717, 1.165) is 49.5 Å². The fraction of sp³-hybridized carbons (Fsp3) is 0.474. The molecule has 0 atom stereocenters.